The molecule has 0 bridgehead atoms. The Hall–Kier alpha value is -2.09. The number of likely N-dealkylation sites (tertiary alicyclic amines) is 1. The van der Waals surface area contributed by atoms with Crippen molar-refractivity contribution in [3.63, 3.8) is 0 Å². The summed E-state index contributed by atoms with van der Waals surface area (Å²) in [5.41, 5.74) is 2.03. The van der Waals surface area contributed by atoms with Gasteiger partial charge >= 0.3 is 6.09 Å². The van der Waals surface area contributed by atoms with Crippen LogP contribution < -0.4 is 5.32 Å². The van der Waals surface area contributed by atoms with Crippen LogP contribution in [-0.2, 0) is 14.3 Å². The van der Waals surface area contributed by atoms with E-state index in [-0.39, 0.29) is 30.6 Å². The van der Waals surface area contributed by atoms with E-state index in [1.165, 1.54) is 0 Å². The van der Waals surface area contributed by atoms with Gasteiger partial charge in [-0.25, -0.2) is 4.79 Å². The van der Waals surface area contributed by atoms with Crippen LogP contribution in [0.5, 0.6) is 0 Å². The van der Waals surface area contributed by atoms with Crippen LogP contribution in [0.25, 0.3) is 0 Å². The second kappa shape index (κ2) is 10.6. The van der Waals surface area contributed by atoms with Gasteiger partial charge in [0.05, 0.1) is 12.6 Å². The third-order valence-corrected chi connectivity index (χ3v) is 5.96. The van der Waals surface area contributed by atoms with Gasteiger partial charge in [-0.05, 0) is 52.9 Å². The number of halogens is 1. The molecule has 1 unspecified atom stereocenters. The lowest BCUT2D eigenvalue weighted by Crippen LogP contribution is -2.44. The molecule has 1 fully saturated rings. The lowest BCUT2D eigenvalue weighted by molar-refractivity contribution is -0.126. The summed E-state index contributed by atoms with van der Waals surface area (Å²) in [4.78, 5) is 26.6. The summed E-state index contributed by atoms with van der Waals surface area (Å²) >= 11 is 7.61. The van der Waals surface area contributed by atoms with Gasteiger partial charge in [0.15, 0.2) is 0 Å². The number of hydrogen-bond donors (Lipinski definition) is 1. The van der Waals surface area contributed by atoms with Gasteiger partial charge in [-0.2, -0.15) is 11.3 Å². The average molecular weight is 437 g/mol. The highest BCUT2D eigenvalue weighted by Gasteiger charge is 2.29. The lowest BCUT2D eigenvalue weighted by Gasteiger charge is -2.31. The minimum Gasteiger partial charge on any atom is -0.447 e. The number of nitrogens with zero attached hydrogens (tertiary/aromatic N) is 1. The first kappa shape index (κ1) is 21.6. The van der Waals surface area contributed by atoms with Gasteiger partial charge in [0.25, 0.3) is 0 Å². The van der Waals surface area contributed by atoms with Crippen LogP contribution in [0.15, 0.2) is 41.1 Å². The minimum absolute atomic E-state index is 0.00329. The molecule has 29 heavy (non-hydrogen) atoms. The van der Waals surface area contributed by atoms with E-state index in [0.717, 1.165) is 11.1 Å². The Kier molecular flexibility index (Phi) is 7.91. The predicted molar refractivity (Wildman–Crippen MR) is 113 cm³/mol. The molecule has 0 radical (unpaired) electrons. The Labute approximate surface area is 179 Å². The topological polar surface area (TPSA) is 67.9 Å². The average Bonchev–Trinajstić information content (AvgIpc) is 3.27. The van der Waals surface area contributed by atoms with Crippen molar-refractivity contribution in [3.05, 3.63) is 57.2 Å². The van der Waals surface area contributed by atoms with E-state index in [1.54, 1.807) is 23.3 Å². The molecule has 1 atom stereocenters. The largest absolute Gasteiger partial charge is 0.447 e. The van der Waals surface area contributed by atoms with E-state index in [2.05, 4.69) is 5.32 Å². The number of thiophene rings is 1. The van der Waals surface area contributed by atoms with Crippen LogP contribution in [0.2, 0.25) is 5.02 Å². The van der Waals surface area contributed by atoms with Gasteiger partial charge in [0.2, 0.25) is 5.91 Å². The molecule has 8 heteroatoms. The molecule has 1 aliphatic heterocycles. The zero-order valence-electron chi connectivity index (χ0n) is 16.3. The third kappa shape index (κ3) is 5.95. The highest BCUT2D eigenvalue weighted by Crippen LogP contribution is 2.27. The number of ether oxygens (including phenoxy) is 2. The van der Waals surface area contributed by atoms with E-state index in [1.807, 2.05) is 41.1 Å². The van der Waals surface area contributed by atoms with Crippen molar-refractivity contribution < 1.29 is 19.1 Å². The summed E-state index contributed by atoms with van der Waals surface area (Å²) in [5.74, 6) is -0.130. The van der Waals surface area contributed by atoms with Crippen LogP contribution in [0.1, 0.15) is 30.0 Å². The molecule has 1 N–H and O–H groups in total. The van der Waals surface area contributed by atoms with E-state index < -0.39 is 0 Å². The fourth-order valence-corrected chi connectivity index (χ4v) is 4.15. The van der Waals surface area contributed by atoms with Crippen molar-refractivity contribution >= 4 is 34.9 Å². The Morgan fingerprint density at radius 1 is 1.17 bits per heavy atom. The van der Waals surface area contributed by atoms with Crippen molar-refractivity contribution in [1.82, 2.24) is 10.2 Å². The molecule has 1 aromatic heterocycles. The highest BCUT2D eigenvalue weighted by molar-refractivity contribution is 7.08. The summed E-state index contributed by atoms with van der Waals surface area (Å²) in [6.07, 6.45) is 0.878. The first-order chi connectivity index (χ1) is 14.1. The molecule has 6 nitrogen and oxygen atoms in total. The standard InChI is InChI=1S/C21H25ClN2O4S/c1-27-11-12-28-21(26)24-9-6-16(7-10-24)20(25)23-19(17-8-13-29-14-17)15-2-4-18(22)5-3-15/h2-5,8,13-14,16,19H,6-7,9-12H2,1H3,(H,23,25). The number of methoxy groups -OCH3 is 1. The molecule has 2 heterocycles. The first-order valence-corrected chi connectivity index (χ1v) is 10.9. The van der Waals surface area contributed by atoms with Crippen molar-refractivity contribution in [1.29, 1.82) is 0 Å². The first-order valence-electron chi connectivity index (χ1n) is 9.57. The summed E-state index contributed by atoms with van der Waals surface area (Å²) in [6, 6.07) is 9.32. The number of benzene rings is 1. The number of nitrogens with one attached hydrogen (secondary N) is 1. The summed E-state index contributed by atoms with van der Waals surface area (Å²) < 4.78 is 10.0. The van der Waals surface area contributed by atoms with E-state index in [4.69, 9.17) is 21.1 Å². The lowest BCUT2D eigenvalue weighted by atomic mass is 9.94. The minimum atomic E-state index is -0.349. The number of hydrogen-bond acceptors (Lipinski definition) is 5. The second-order valence-electron chi connectivity index (χ2n) is 6.92. The fraction of sp³-hybridized carbons (Fsp3) is 0.429. The normalized spacial score (nSPS) is 15.7. The molecular formula is C21H25ClN2O4S. The van der Waals surface area contributed by atoms with E-state index >= 15 is 0 Å². The van der Waals surface area contributed by atoms with Crippen LogP contribution in [0.4, 0.5) is 4.79 Å². The van der Waals surface area contributed by atoms with Crippen LogP contribution >= 0.6 is 22.9 Å². The Balaban J connectivity index is 1.58. The highest BCUT2D eigenvalue weighted by atomic mass is 35.5. The zero-order valence-corrected chi connectivity index (χ0v) is 17.9. The molecule has 0 aliphatic carbocycles. The molecule has 1 aromatic carbocycles. The number of carbonyl (C=O) groups is 2. The maximum Gasteiger partial charge on any atom is 0.409 e. The second-order valence-corrected chi connectivity index (χ2v) is 8.13. The molecule has 3 rings (SSSR count). The smallest absolute Gasteiger partial charge is 0.409 e. The molecule has 1 aliphatic rings. The number of rotatable bonds is 7. The Morgan fingerprint density at radius 3 is 2.52 bits per heavy atom. The number of piperidine rings is 1. The predicted octanol–water partition coefficient (Wildman–Crippen LogP) is 4.10. The fourth-order valence-electron chi connectivity index (χ4n) is 3.34. The molecule has 0 saturated carbocycles. The van der Waals surface area contributed by atoms with Gasteiger partial charge in [0.1, 0.15) is 6.61 Å². The van der Waals surface area contributed by atoms with Gasteiger partial charge < -0.3 is 19.7 Å². The SMILES string of the molecule is COCCOC(=O)N1CCC(C(=O)NC(c2ccc(Cl)cc2)c2ccsc2)CC1. The molecule has 2 aromatic rings. The maximum absolute atomic E-state index is 12.9. The van der Waals surface area contributed by atoms with Crippen LogP contribution in [-0.4, -0.2) is 50.3 Å². The van der Waals surface area contributed by atoms with Crippen LogP contribution in [0, 0.1) is 5.92 Å². The number of carbonyl (C=O) groups excluding carboxylic acids is 2. The summed E-state index contributed by atoms with van der Waals surface area (Å²) in [5, 5.41) is 7.88. The molecule has 2 amide bonds. The summed E-state index contributed by atoms with van der Waals surface area (Å²) in [6.45, 7) is 1.63. The molecular weight excluding hydrogens is 412 g/mol. The number of amides is 2. The van der Waals surface area contributed by atoms with Crippen molar-refractivity contribution in [2.45, 2.75) is 18.9 Å². The Morgan fingerprint density at radius 2 is 1.90 bits per heavy atom. The van der Waals surface area contributed by atoms with Gasteiger partial charge in [-0.3, -0.25) is 4.79 Å². The van der Waals surface area contributed by atoms with E-state index in [9.17, 15) is 9.59 Å². The quantitative estimate of drug-likeness (QED) is 0.663. The van der Waals surface area contributed by atoms with Gasteiger partial charge in [-0.1, -0.05) is 23.7 Å². The Bertz CT molecular complexity index is 790. The van der Waals surface area contributed by atoms with Gasteiger partial charge in [-0.15, -0.1) is 0 Å². The van der Waals surface area contributed by atoms with Gasteiger partial charge in [0, 0.05) is 31.1 Å². The van der Waals surface area contributed by atoms with Crippen molar-refractivity contribution in [2.75, 3.05) is 33.4 Å². The molecule has 156 valence electrons. The monoisotopic (exact) mass is 436 g/mol. The third-order valence-electron chi connectivity index (χ3n) is 5.00. The maximum atomic E-state index is 12.9. The van der Waals surface area contributed by atoms with Crippen molar-refractivity contribution in [3.8, 4) is 0 Å². The van der Waals surface area contributed by atoms with E-state index in [0.29, 0.717) is 37.6 Å². The van der Waals surface area contributed by atoms with Crippen molar-refractivity contribution in [2.24, 2.45) is 5.92 Å². The van der Waals surface area contributed by atoms with Crippen LogP contribution in [0.3, 0.4) is 0 Å². The molecule has 0 spiro atoms. The zero-order chi connectivity index (χ0) is 20.6. The molecule has 1 saturated heterocycles. The summed E-state index contributed by atoms with van der Waals surface area (Å²) in [7, 11) is 1.56.